The summed E-state index contributed by atoms with van der Waals surface area (Å²) in [6, 6.07) is 14.3. The molecular formula is C21H17Cl2N3. The highest BCUT2D eigenvalue weighted by Gasteiger charge is 2.21. The summed E-state index contributed by atoms with van der Waals surface area (Å²) in [6.45, 7) is 2.09. The van der Waals surface area contributed by atoms with Crippen molar-refractivity contribution in [3.05, 3.63) is 100 Å². The number of H-pyrrole nitrogens is 1. The van der Waals surface area contributed by atoms with Crippen LogP contribution >= 0.6 is 23.2 Å². The second-order valence-corrected chi connectivity index (χ2v) is 7.09. The van der Waals surface area contributed by atoms with Crippen LogP contribution in [0.2, 0.25) is 10.0 Å². The maximum absolute atomic E-state index is 6.24. The molecule has 130 valence electrons. The molecule has 0 amide bonds. The molecule has 0 saturated carbocycles. The number of hydrogen-bond acceptors (Lipinski definition) is 1. The van der Waals surface area contributed by atoms with E-state index in [4.69, 9.17) is 23.2 Å². The van der Waals surface area contributed by atoms with Crippen LogP contribution in [0.1, 0.15) is 22.7 Å². The van der Waals surface area contributed by atoms with Gasteiger partial charge in [-0.1, -0.05) is 59.1 Å². The molecule has 5 heteroatoms. The minimum atomic E-state index is 0.00815. The van der Waals surface area contributed by atoms with E-state index in [0.29, 0.717) is 10.0 Å². The second-order valence-electron chi connectivity index (χ2n) is 6.28. The molecule has 0 aliphatic carbocycles. The van der Waals surface area contributed by atoms with Gasteiger partial charge in [0.25, 0.3) is 0 Å². The molecular weight excluding hydrogens is 365 g/mol. The number of aromatic amines is 1. The Morgan fingerprint density at radius 1 is 1.00 bits per heavy atom. The third-order valence-electron chi connectivity index (χ3n) is 4.52. The van der Waals surface area contributed by atoms with Crippen LogP contribution in [0.3, 0.4) is 0 Å². The molecule has 2 aromatic heterocycles. The summed E-state index contributed by atoms with van der Waals surface area (Å²) in [4.78, 5) is 7.48. The van der Waals surface area contributed by atoms with Gasteiger partial charge in [0.05, 0.1) is 22.4 Å². The number of nitrogens with zero attached hydrogens (tertiary/aromatic N) is 2. The standard InChI is InChI=1S/C21H17Cl2N3/c1-14-2-4-15(5-3-14)21(26-9-8-24-13-26)18-12-25-11-17(18)16-6-7-19(22)20(23)10-16/h2-13,21,25H,1H3. The summed E-state index contributed by atoms with van der Waals surface area (Å²) in [6.07, 6.45) is 9.65. The van der Waals surface area contributed by atoms with E-state index >= 15 is 0 Å². The first kappa shape index (κ1) is 17.0. The van der Waals surface area contributed by atoms with Crippen molar-refractivity contribution >= 4 is 23.2 Å². The van der Waals surface area contributed by atoms with Crippen molar-refractivity contribution < 1.29 is 0 Å². The lowest BCUT2D eigenvalue weighted by molar-refractivity contribution is 0.678. The average molecular weight is 382 g/mol. The van der Waals surface area contributed by atoms with Gasteiger partial charge in [-0.2, -0.15) is 0 Å². The van der Waals surface area contributed by atoms with Gasteiger partial charge < -0.3 is 9.55 Å². The molecule has 0 radical (unpaired) electrons. The largest absolute Gasteiger partial charge is 0.367 e. The van der Waals surface area contributed by atoms with Gasteiger partial charge in [0.2, 0.25) is 0 Å². The lowest BCUT2D eigenvalue weighted by Crippen LogP contribution is -2.11. The van der Waals surface area contributed by atoms with Crippen LogP contribution in [0.25, 0.3) is 11.1 Å². The van der Waals surface area contributed by atoms with Crippen LogP contribution in [0.4, 0.5) is 0 Å². The van der Waals surface area contributed by atoms with E-state index < -0.39 is 0 Å². The Morgan fingerprint density at radius 2 is 1.81 bits per heavy atom. The molecule has 0 spiro atoms. The fourth-order valence-corrected chi connectivity index (χ4v) is 3.50. The maximum Gasteiger partial charge on any atom is 0.0954 e. The van der Waals surface area contributed by atoms with Gasteiger partial charge in [-0.05, 0) is 30.2 Å². The van der Waals surface area contributed by atoms with Gasteiger partial charge in [-0.25, -0.2) is 4.98 Å². The van der Waals surface area contributed by atoms with E-state index in [9.17, 15) is 0 Å². The third-order valence-corrected chi connectivity index (χ3v) is 5.26. The number of aromatic nitrogens is 3. The zero-order valence-corrected chi connectivity index (χ0v) is 15.7. The van der Waals surface area contributed by atoms with Gasteiger partial charge in [0.1, 0.15) is 0 Å². The summed E-state index contributed by atoms with van der Waals surface area (Å²) >= 11 is 12.3. The van der Waals surface area contributed by atoms with E-state index in [1.54, 1.807) is 6.20 Å². The summed E-state index contributed by atoms with van der Waals surface area (Å²) in [5, 5.41) is 1.10. The van der Waals surface area contributed by atoms with Crippen LogP contribution in [0, 0.1) is 6.92 Å². The minimum Gasteiger partial charge on any atom is -0.367 e. The molecule has 0 aliphatic rings. The molecule has 2 heterocycles. The molecule has 0 saturated heterocycles. The van der Waals surface area contributed by atoms with Gasteiger partial charge >= 0.3 is 0 Å². The zero-order valence-electron chi connectivity index (χ0n) is 14.2. The normalized spacial score (nSPS) is 12.3. The van der Waals surface area contributed by atoms with Crippen LogP contribution < -0.4 is 0 Å². The van der Waals surface area contributed by atoms with Crippen molar-refractivity contribution in [1.29, 1.82) is 0 Å². The predicted octanol–water partition coefficient (Wildman–Crippen LogP) is 6.13. The number of halogens is 2. The molecule has 1 unspecified atom stereocenters. The molecule has 0 aliphatic heterocycles. The summed E-state index contributed by atoms with van der Waals surface area (Å²) in [5.74, 6) is 0. The highest BCUT2D eigenvalue weighted by atomic mass is 35.5. The molecule has 4 rings (SSSR count). The first-order valence-corrected chi connectivity index (χ1v) is 9.05. The quantitative estimate of drug-likeness (QED) is 0.453. The van der Waals surface area contributed by atoms with E-state index in [0.717, 1.165) is 16.7 Å². The van der Waals surface area contributed by atoms with Crippen LogP contribution in [-0.4, -0.2) is 14.5 Å². The number of imidazole rings is 1. The van der Waals surface area contributed by atoms with Crippen molar-refractivity contribution in [3.63, 3.8) is 0 Å². The Kier molecular flexibility index (Phi) is 4.58. The third kappa shape index (κ3) is 3.16. The first-order valence-electron chi connectivity index (χ1n) is 8.29. The Balaban J connectivity index is 1.86. The first-order chi connectivity index (χ1) is 12.6. The summed E-state index contributed by atoms with van der Waals surface area (Å²) in [7, 11) is 0. The molecule has 1 atom stereocenters. The highest BCUT2D eigenvalue weighted by molar-refractivity contribution is 6.42. The molecule has 1 N–H and O–H groups in total. The van der Waals surface area contributed by atoms with Gasteiger partial charge in [0, 0.05) is 35.9 Å². The van der Waals surface area contributed by atoms with Crippen molar-refractivity contribution in [2.45, 2.75) is 13.0 Å². The molecule has 2 aromatic carbocycles. The molecule has 0 fully saturated rings. The van der Waals surface area contributed by atoms with Gasteiger partial charge in [-0.3, -0.25) is 0 Å². The smallest absolute Gasteiger partial charge is 0.0954 e. The molecule has 3 nitrogen and oxygen atoms in total. The average Bonchev–Trinajstić information content (AvgIpc) is 3.32. The molecule has 26 heavy (non-hydrogen) atoms. The highest BCUT2D eigenvalue weighted by Crippen LogP contribution is 2.36. The Labute approximate surface area is 162 Å². The number of hydrogen-bond donors (Lipinski definition) is 1. The lowest BCUT2D eigenvalue weighted by Gasteiger charge is -2.20. The number of aryl methyl sites for hydroxylation is 1. The number of benzene rings is 2. The Hall–Kier alpha value is -2.49. The van der Waals surface area contributed by atoms with E-state index in [2.05, 4.69) is 45.7 Å². The van der Waals surface area contributed by atoms with Crippen molar-refractivity contribution in [1.82, 2.24) is 14.5 Å². The Morgan fingerprint density at radius 3 is 2.50 bits per heavy atom. The monoisotopic (exact) mass is 381 g/mol. The summed E-state index contributed by atoms with van der Waals surface area (Å²) < 4.78 is 2.11. The van der Waals surface area contributed by atoms with Crippen LogP contribution in [0.15, 0.2) is 73.6 Å². The fraction of sp³-hybridized carbons (Fsp3) is 0.0952. The number of nitrogens with one attached hydrogen (secondary N) is 1. The fourth-order valence-electron chi connectivity index (χ4n) is 3.20. The number of rotatable bonds is 4. The molecule has 0 bridgehead atoms. The molecule has 4 aromatic rings. The van der Waals surface area contributed by atoms with E-state index in [1.165, 1.54) is 11.1 Å². The minimum absolute atomic E-state index is 0.00815. The predicted molar refractivity (Wildman–Crippen MR) is 107 cm³/mol. The van der Waals surface area contributed by atoms with Crippen molar-refractivity contribution in [2.75, 3.05) is 0 Å². The summed E-state index contributed by atoms with van der Waals surface area (Å²) in [5.41, 5.74) is 5.67. The lowest BCUT2D eigenvalue weighted by atomic mass is 9.94. The van der Waals surface area contributed by atoms with E-state index in [1.807, 2.05) is 43.1 Å². The van der Waals surface area contributed by atoms with Crippen LogP contribution in [0.5, 0.6) is 0 Å². The second kappa shape index (κ2) is 7.02. The van der Waals surface area contributed by atoms with Crippen LogP contribution in [-0.2, 0) is 0 Å². The SMILES string of the molecule is Cc1ccc(C(c2c[nH]cc2-c2ccc(Cl)c(Cl)c2)n2ccnc2)cc1. The zero-order chi connectivity index (χ0) is 18.1. The van der Waals surface area contributed by atoms with E-state index in [-0.39, 0.29) is 6.04 Å². The van der Waals surface area contributed by atoms with Crippen molar-refractivity contribution in [2.24, 2.45) is 0 Å². The Bertz CT molecular complexity index is 1020. The maximum atomic E-state index is 6.24. The van der Waals surface area contributed by atoms with Crippen molar-refractivity contribution in [3.8, 4) is 11.1 Å². The van der Waals surface area contributed by atoms with Gasteiger partial charge in [-0.15, -0.1) is 0 Å². The van der Waals surface area contributed by atoms with Gasteiger partial charge in [0.15, 0.2) is 0 Å². The topological polar surface area (TPSA) is 33.6 Å².